The highest BCUT2D eigenvalue weighted by atomic mass is 32.1. The average Bonchev–Trinajstić information content (AvgIpc) is 4.02. The summed E-state index contributed by atoms with van der Waals surface area (Å²) in [6.07, 6.45) is 1.00. The van der Waals surface area contributed by atoms with Crippen LogP contribution in [0.1, 0.15) is 52.1 Å². The number of hydrogen-bond donors (Lipinski definition) is 0. The van der Waals surface area contributed by atoms with Crippen LogP contribution in [-0.4, -0.2) is 11.5 Å². The molecule has 1 saturated carbocycles. The Bertz CT molecular complexity index is 4200. The van der Waals surface area contributed by atoms with Crippen LogP contribution in [0.3, 0.4) is 0 Å². The Balaban J connectivity index is 0.991. The van der Waals surface area contributed by atoms with Crippen molar-refractivity contribution in [3.8, 4) is 22.3 Å². The number of hydrogen-bond acceptors (Lipinski definition) is 2. The quantitative estimate of drug-likeness (QED) is 0.117. The highest BCUT2D eigenvalue weighted by molar-refractivity contribution is 7.26. The van der Waals surface area contributed by atoms with E-state index in [1.807, 2.05) is 11.3 Å². The van der Waals surface area contributed by atoms with Crippen molar-refractivity contribution in [2.24, 2.45) is 15.9 Å². The van der Waals surface area contributed by atoms with E-state index in [1.54, 1.807) is 0 Å². The Morgan fingerprint density at radius 3 is 1.91 bits per heavy atom. The van der Waals surface area contributed by atoms with Gasteiger partial charge < -0.3 is 0 Å². The number of thiophene rings is 1. The standard InChI is InChI=1S/C67H46N2S/c1-40(51-29-15-23-43-18-8-11-26-52(43)51)68-67(49-25-14-24-46(34-49)42-16-4-3-5-17-42)69-41(2)56-39-62-59(64-54-28-13-10-20-45(54)31-33-61(64)70-62)38-58(56)66-60-37-50-35-47-21-6-7-22-48(47)36-57(50)63-53-27-12-9-19-44(53)30-32-55(63)65(60)66/h3-36,38-39,60,65-66H,1,37H2,2H3/b68-67-,69-41+. The highest BCUT2D eigenvalue weighted by Gasteiger charge is 2.54. The van der Waals surface area contributed by atoms with Crippen LogP contribution in [-0.2, 0) is 6.42 Å². The summed E-state index contributed by atoms with van der Waals surface area (Å²) in [6, 6.07) is 80.2. The van der Waals surface area contributed by atoms with E-state index in [9.17, 15) is 0 Å². The fourth-order valence-electron chi connectivity index (χ4n) is 12.0. The highest BCUT2D eigenvalue weighted by Crippen LogP contribution is 2.67. The lowest BCUT2D eigenvalue weighted by Gasteiger charge is -2.18. The van der Waals surface area contributed by atoms with E-state index in [-0.39, 0.29) is 5.92 Å². The van der Waals surface area contributed by atoms with Gasteiger partial charge in [0.1, 0.15) is 0 Å². The number of benzene rings is 11. The van der Waals surface area contributed by atoms with Crippen LogP contribution in [0.2, 0.25) is 0 Å². The summed E-state index contributed by atoms with van der Waals surface area (Å²) in [5.41, 5.74) is 14.1. The van der Waals surface area contributed by atoms with Crippen molar-refractivity contribution in [1.29, 1.82) is 0 Å². The molecule has 330 valence electrons. The molecular formula is C67H46N2S. The maximum Gasteiger partial charge on any atom is 0.160 e. The van der Waals surface area contributed by atoms with Crippen LogP contribution in [0.25, 0.3) is 91.2 Å². The Hall–Kier alpha value is -8.24. The Morgan fingerprint density at radius 1 is 0.471 bits per heavy atom. The van der Waals surface area contributed by atoms with Crippen LogP contribution in [0, 0.1) is 5.92 Å². The van der Waals surface area contributed by atoms with Gasteiger partial charge in [0, 0.05) is 42.6 Å². The van der Waals surface area contributed by atoms with E-state index in [0.29, 0.717) is 23.4 Å². The van der Waals surface area contributed by atoms with Gasteiger partial charge in [0.2, 0.25) is 0 Å². The first-order valence-electron chi connectivity index (χ1n) is 24.4. The lowest BCUT2D eigenvalue weighted by molar-refractivity contribution is 0.785. The lowest BCUT2D eigenvalue weighted by atomic mass is 9.86. The normalized spacial score (nSPS) is 16.7. The maximum absolute atomic E-state index is 5.68. The molecule has 1 aromatic heterocycles. The largest absolute Gasteiger partial charge is 0.233 e. The van der Waals surface area contributed by atoms with E-state index in [1.165, 1.54) is 85.9 Å². The van der Waals surface area contributed by atoms with Gasteiger partial charge in [0.05, 0.1) is 5.70 Å². The van der Waals surface area contributed by atoms with Gasteiger partial charge in [0.25, 0.3) is 0 Å². The molecule has 0 radical (unpaired) electrons. The van der Waals surface area contributed by atoms with Crippen LogP contribution < -0.4 is 0 Å². The van der Waals surface area contributed by atoms with Gasteiger partial charge in [-0.3, -0.25) is 0 Å². The summed E-state index contributed by atoms with van der Waals surface area (Å²) >= 11 is 1.88. The van der Waals surface area contributed by atoms with Crippen molar-refractivity contribution in [2.75, 3.05) is 0 Å². The van der Waals surface area contributed by atoms with Crippen LogP contribution >= 0.6 is 11.3 Å². The van der Waals surface area contributed by atoms with Gasteiger partial charge in [-0.15, -0.1) is 11.3 Å². The van der Waals surface area contributed by atoms with Gasteiger partial charge in [-0.1, -0.05) is 195 Å². The topological polar surface area (TPSA) is 24.7 Å². The summed E-state index contributed by atoms with van der Waals surface area (Å²) in [7, 11) is 0. The summed E-state index contributed by atoms with van der Waals surface area (Å²) in [5.74, 6) is 1.67. The van der Waals surface area contributed by atoms with E-state index in [4.69, 9.17) is 9.98 Å². The molecule has 0 bridgehead atoms. The molecule has 0 aliphatic heterocycles. The second-order valence-corrected chi connectivity index (χ2v) is 20.4. The monoisotopic (exact) mass is 910 g/mol. The van der Waals surface area contributed by atoms with E-state index in [0.717, 1.165) is 45.2 Å². The maximum atomic E-state index is 5.68. The number of nitrogens with zero attached hydrogens (tertiary/aromatic N) is 2. The average molecular weight is 911 g/mol. The van der Waals surface area contributed by atoms with Crippen molar-refractivity contribution in [1.82, 2.24) is 0 Å². The molecule has 0 saturated heterocycles. The van der Waals surface area contributed by atoms with Crippen molar-refractivity contribution < 1.29 is 0 Å². The van der Waals surface area contributed by atoms with Gasteiger partial charge in [-0.2, -0.15) is 0 Å². The van der Waals surface area contributed by atoms with Gasteiger partial charge >= 0.3 is 0 Å². The summed E-state index contributed by atoms with van der Waals surface area (Å²) in [6.45, 7) is 6.83. The summed E-state index contributed by atoms with van der Waals surface area (Å²) in [5, 5.41) is 12.7. The van der Waals surface area contributed by atoms with Crippen LogP contribution in [0.5, 0.6) is 0 Å². The smallest absolute Gasteiger partial charge is 0.160 e. The summed E-state index contributed by atoms with van der Waals surface area (Å²) in [4.78, 5) is 11.1. The molecule has 2 aliphatic rings. The van der Waals surface area contributed by atoms with Gasteiger partial charge in [-0.05, 0) is 143 Å². The minimum Gasteiger partial charge on any atom is -0.233 e. The zero-order valence-electron chi connectivity index (χ0n) is 38.7. The van der Waals surface area contributed by atoms with Crippen molar-refractivity contribution in [3.05, 3.63) is 258 Å². The molecular weight excluding hydrogens is 865 g/mol. The van der Waals surface area contributed by atoms with Crippen molar-refractivity contribution in [2.45, 2.75) is 25.2 Å². The fraction of sp³-hybridized carbons (Fsp3) is 0.0746. The predicted molar refractivity (Wildman–Crippen MR) is 300 cm³/mol. The Labute approximate surface area is 411 Å². The van der Waals surface area contributed by atoms with E-state index < -0.39 is 0 Å². The summed E-state index contributed by atoms with van der Waals surface area (Å²) < 4.78 is 2.58. The van der Waals surface area contributed by atoms with Crippen molar-refractivity contribution in [3.63, 3.8) is 0 Å². The van der Waals surface area contributed by atoms with Crippen molar-refractivity contribution >= 4 is 91.8 Å². The molecule has 11 aromatic carbocycles. The van der Waals surface area contributed by atoms with Crippen LogP contribution in [0.15, 0.2) is 235 Å². The Kier molecular flexibility index (Phi) is 9.44. The van der Waals surface area contributed by atoms with Crippen LogP contribution in [0.4, 0.5) is 0 Å². The number of fused-ring (bicyclic) bond motifs is 14. The second-order valence-electron chi connectivity index (χ2n) is 19.3. The number of aliphatic imine (C=N–C) groups is 2. The zero-order chi connectivity index (χ0) is 46.5. The second kappa shape index (κ2) is 16.2. The molecule has 70 heavy (non-hydrogen) atoms. The molecule has 0 spiro atoms. The first-order chi connectivity index (χ1) is 34.5. The third-order valence-electron chi connectivity index (χ3n) is 15.3. The third kappa shape index (κ3) is 6.68. The molecule has 1 fully saturated rings. The number of rotatable bonds is 6. The predicted octanol–water partition coefficient (Wildman–Crippen LogP) is 18.0. The minimum atomic E-state index is 0.279. The molecule has 3 atom stereocenters. The molecule has 3 heteroatoms. The van der Waals surface area contributed by atoms with E-state index in [2.05, 4.69) is 232 Å². The SMILES string of the molecule is C=C(/N=C(\N=C(/C)c1cc2sc3ccc4ccccc4c3c2cc1C1C2Cc3cc4ccccc4cc3-c3c(ccc4ccccc34)C21)c1cccc(-c2ccccc2)c1)c1cccc2ccccc12. The molecule has 0 amide bonds. The fourth-order valence-corrected chi connectivity index (χ4v) is 13.1. The van der Waals surface area contributed by atoms with E-state index >= 15 is 0 Å². The first-order valence-corrected chi connectivity index (χ1v) is 25.2. The molecule has 1 heterocycles. The van der Waals surface area contributed by atoms with Gasteiger partial charge in [0.15, 0.2) is 5.84 Å². The minimum absolute atomic E-state index is 0.279. The molecule has 12 aromatic rings. The molecule has 3 unspecified atom stereocenters. The number of amidine groups is 1. The van der Waals surface area contributed by atoms with Gasteiger partial charge in [-0.25, -0.2) is 9.98 Å². The zero-order valence-corrected chi connectivity index (χ0v) is 39.6. The lowest BCUT2D eigenvalue weighted by Crippen LogP contribution is -2.08. The first kappa shape index (κ1) is 40.8. The Morgan fingerprint density at radius 2 is 1.10 bits per heavy atom. The molecule has 2 nitrogen and oxygen atoms in total. The molecule has 2 aliphatic carbocycles. The molecule has 14 rings (SSSR count). The third-order valence-corrected chi connectivity index (χ3v) is 16.4. The molecule has 0 N–H and O–H groups in total.